The maximum atomic E-state index is 11.7. The molecule has 3 N–H and O–H groups in total. The van der Waals surface area contributed by atoms with Gasteiger partial charge in [-0.3, -0.25) is 14.3 Å². The summed E-state index contributed by atoms with van der Waals surface area (Å²) in [6.45, 7) is 1.67. The number of ether oxygens (including phenoxy) is 1. The standard InChI is InChI=1S/C10H15N2O6P/c1-6-4-12(10(14)11-9(6)13)8-3-2-7(18-8)5-17-19(15)16/h4,7-8,15-16H,2-3,5H2,1H3,(H,11,13,14)/t7-,8+/m0/s1. The Kier molecular flexibility index (Phi) is 4.49. The number of rotatable bonds is 4. The van der Waals surface area contributed by atoms with Crippen LogP contribution < -0.4 is 11.2 Å². The minimum atomic E-state index is -2.40. The monoisotopic (exact) mass is 290 g/mol. The molecule has 1 saturated heterocycles. The van der Waals surface area contributed by atoms with Crippen molar-refractivity contribution < 1.29 is 19.0 Å². The van der Waals surface area contributed by atoms with Crippen molar-refractivity contribution in [3.63, 3.8) is 0 Å². The third-order valence-corrected chi connectivity index (χ3v) is 3.30. The van der Waals surface area contributed by atoms with Crippen LogP contribution in [-0.2, 0) is 9.26 Å². The number of aromatic amines is 1. The average molecular weight is 290 g/mol. The highest BCUT2D eigenvalue weighted by atomic mass is 31.2. The van der Waals surface area contributed by atoms with Crippen LogP contribution in [-0.4, -0.2) is 32.0 Å². The van der Waals surface area contributed by atoms with E-state index in [2.05, 4.69) is 9.51 Å². The molecule has 1 aliphatic heterocycles. The van der Waals surface area contributed by atoms with Crippen LogP contribution in [0.4, 0.5) is 0 Å². The molecule has 9 heteroatoms. The fraction of sp³-hybridized carbons (Fsp3) is 0.600. The zero-order valence-electron chi connectivity index (χ0n) is 10.3. The van der Waals surface area contributed by atoms with Gasteiger partial charge in [-0.1, -0.05) is 0 Å². The van der Waals surface area contributed by atoms with Gasteiger partial charge in [0.05, 0.1) is 12.7 Å². The predicted molar refractivity (Wildman–Crippen MR) is 66.5 cm³/mol. The Bertz CT molecular complexity index is 554. The van der Waals surface area contributed by atoms with Crippen molar-refractivity contribution in [1.82, 2.24) is 9.55 Å². The number of aryl methyl sites for hydroxylation is 1. The molecular formula is C10H15N2O6P. The lowest BCUT2D eigenvalue weighted by molar-refractivity contribution is -0.0217. The highest BCUT2D eigenvalue weighted by Gasteiger charge is 2.28. The number of H-pyrrole nitrogens is 1. The van der Waals surface area contributed by atoms with Gasteiger partial charge in [-0.2, -0.15) is 0 Å². The lowest BCUT2D eigenvalue weighted by atomic mass is 10.2. The van der Waals surface area contributed by atoms with Crippen LogP contribution in [0.3, 0.4) is 0 Å². The van der Waals surface area contributed by atoms with Crippen LogP contribution in [0.5, 0.6) is 0 Å². The Morgan fingerprint density at radius 1 is 1.53 bits per heavy atom. The van der Waals surface area contributed by atoms with E-state index >= 15 is 0 Å². The molecule has 1 fully saturated rings. The first-order valence-corrected chi connectivity index (χ1v) is 6.92. The first kappa shape index (κ1) is 14.4. The summed E-state index contributed by atoms with van der Waals surface area (Å²) in [5.74, 6) is 0. The second-order valence-corrected chi connectivity index (χ2v) is 5.08. The summed E-state index contributed by atoms with van der Waals surface area (Å²) < 4.78 is 11.6. The van der Waals surface area contributed by atoms with Crippen molar-refractivity contribution in [2.75, 3.05) is 6.61 Å². The Morgan fingerprint density at radius 3 is 2.95 bits per heavy atom. The summed E-state index contributed by atoms with van der Waals surface area (Å²) in [4.78, 5) is 42.5. The number of hydrogen-bond donors (Lipinski definition) is 3. The van der Waals surface area contributed by atoms with Gasteiger partial charge in [0.2, 0.25) is 0 Å². The van der Waals surface area contributed by atoms with Gasteiger partial charge in [0.25, 0.3) is 5.56 Å². The van der Waals surface area contributed by atoms with Gasteiger partial charge in [0.15, 0.2) is 0 Å². The summed E-state index contributed by atoms with van der Waals surface area (Å²) in [5.41, 5.74) is -0.504. The van der Waals surface area contributed by atoms with Crippen molar-refractivity contribution >= 4 is 8.60 Å². The van der Waals surface area contributed by atoms with Crippen LogP contribution in [0, 0.1) is 6.92 Å². The number of nitrogens with one attached hydrogen (secondary N) is 1. The Morgan fingerprint density at radius 2 is 2.26 bits per heavy atom. The summed E-state index contributed by atoms with van der Waals surface area (Å²) in [7, 11) is -2.40. The maximum absolute atomic E-state index is 11.7. The summed E-state index contributed by atoms with van der Waals surface area (Å²) in [5, 5.41) is 0. The van der Waals surface area contributed by atoms with Crippen LogP contribution in [0.25, 0.3) is 0 Å². The van der Waals surface area contributed by atoms with Crippen molar-refractivity contribution in [3.8, 4) is 0 Å². The lowest BCUT2D eigenvalue weighted by Crippen LogP contribution is -2.33. The summed E-state index contributed by atoms with van der Waals surface area (Å²) in [6, 6.07) is 0. The van der Waals surface area contributed by atoms with E-state index < -0.39 is 26.1 Å². The Hall–Kier alpha value is -1.05. The van der Waals surface area contributed by atoms with E-state index in [1.807, 2.05) is 0 Å². The second kappa shape index (κ2) is 5.94. The van der Waals surface area contributed by atoms with Crippen molar-refractivity contribution in [2.45, 2.75) is 32.1 Å². The van der Waals surface area contributed by atoms with Gasteiger partial charge in [-0.15, -0.1) is 0 Å². The highest BCUT2D eigenvalue weighted by Crippen LogP contribution is 2.31. The van der Waals surface area contributed by atoms with E-state index in [1.54, 1.807) is 6.92 Å². The highest BCUT2D eigenvalue weighted by molar-refractivity contribution is 7.39. The Balaban J connectivity index is 2.07. The quantitative estimate of drug-likeness (QED) is 0.659. The largest absolute Gasteiger partial charge is 0.352 e. The topological polar surface area (TPSA) is 114 Å². The molecule has 1 aliphatic rings. The van der Waals surface area contributed by atoms with E-state index in [0.29, 0.717) is 18.4 Å². The molecule has 19 heavy (non-hydrogen) atoms. The van der Waals surface area contributed by atoms with Crippen molar-refractivity contribution in [3.05, 3.63) is 32.6 Å². The summed E-state index contributed by atoms with van der Waals surface area (Å²) >= 11 is 0. The molecule has 1 aromatic heterocycles. The van der Waals surface area contributed by atoms with Gasteiger partial charge < -0.3 is 19.0 Å². The van der Waals surface area contributed by atoms with Crippen LogP contribution in [0.2, 0.25) is 0 Å². The first-order valence-electron chi connectivity index (χ1n) is 5.75. The number of hydrogen-bond acceptors (Lipinski definition) is 6. The van der Waals surface area contributed by atoms with Crippen molar-refractivity contribution in [2.24, 2.45) is 0 Å². The number of nitrogens with zero attached hydrogens (tertiary/aromatic N) is 1. The minimum absolute atomic E-state index is 0.0618. The maximum Gasteiger partial charge on any atom is 0.330 e. The van der Waals surface area contributed by atoms with Gasteiger partial charge >= 0.3 is 14.3 Å². The van der Waals surface area contributed by atoms with E-state index in [-0.39, 0.29) is 12.7 Å². The zero-order valence-corrected chi connectivity index (χ0v) is 11.2. The molecular weight excluding hydrogens is 275 g/mol. The normalized spacial score (nSPS) is 23.2. The molecule has 0 saturated carbocycles. The van der Waals surface area contributed by atoms with Crippen LogP contribution >= 0.6 is 8.60 Å². The SMILES string of the molecule is Cc1cn([C@H]2CC[C@@H](COP(O)O)O2)c(=O)[nH]c1=O. The predicted octanol–water partition coefficient (Wildman–Crippen LogP) is -0.249. The van der Waals surface area contributed by atoms with Crippen LogP contribution in [0.1, 0.15) is 24.6 Å². The van der Waals surface area contributed by atoms with Gasteiger partial charge in [-0.05, 0) is 19.8 Å². The lowest BCUT2D eigenvalue weighted by Gasteiger charge is -2.16. The summed E-state index contributed by atoms with van der Waals surface area (Å²) in [6.07, 6.45) is 1.92. The average Bonchev–Trinajstić information content (AvgIpc) is 2.80. The fourth-order valence-electron chi connectivity index (χ4n) is 1.96. The number of aromatic nitrogens is 2. The molecule has 0 unspecified atom stereocenters. The fourth-order valence-corrected chi connectivity index (χ4v) is 2.26. The zero-order chi connectivity index (χ0) is 14.0. The molecule has 0 radical (unpaired) electrons. The molecule has 0 aliphatic carbocycles. The van der Waals surface area contributed by atoms with E-state index in [4.69, 9.17) is 14.5 Å². The first-order chi connectivity index (χ1) is 8.97. The van der Waals surface area contributed by atoms with Gasteiger partial charge in [0.1, 0.15) is 6.23 Å². The van der Waals surface area contributed by atoms with Crippen LogP contribution in [0.15, 0.2) is 15.8 Å². The Labute approximate surface area is 109 Å². The minimum Gasteiger partial charge on any atom is -0.352 e. The molecule has 0 bridgehead atoms. The van der Waals surface area contributed by atoms with Gasteiger partial charge in [-0.25, -0.2) is 4.79 Å². The van der Waals surface area contributed by atoms with E-state index in [1.165, 1.54) is 10.8 Å². The van der Waals surface area contributed by atoms with E-state index in [9.17, 15) is 9.59 Å². The molecule has 0 aromatic carbocycles. The molecule has 106 valence electrons. The third-order valence-electron chi connectivity index (χ3n) is 2.92. The smallest absolute Gasteiger partial charge is 0.330 e. The molecule has 2 atom stereocenters. The third kappa shape index (κ3) is 3.49. The second-order valence-electron chi connectivity index (χ2n) is 4.32. The molecule has 1 aromatic rings. The molecule has 0 amide bonds. The molecule has 0 spiro atoms. The molecule has 8 nitrogen and oxygen atoms in total. The van der Waals surface area contributed by atoms with E-state index in [0.717, 1.165) is 0 Å². The van der Waals surface area contributed by atoms with Crippen molar-refractivity contribution in [1.29, 1.82) is 0 Å². The van der Waals surface area contributed by atoms with Gasteiger partial charge in [0, 0.05) is 11.8 Å². The molecule has 2 heterocycles. The molecule has 2 rings (SSSR count).